The fraction of sp³-hybridized carbons (Fsp3) is 0.857. The Balaban J connectivity index is 5.89. The van der Waals surface area contributed by atoms with E-state index in [9.17, 15) is 9.90 Å². The second-order valence-electron chi connectivity index (χ2n) is 7.25. The van der Waals surface area contributed by atoms with E-state index in [1.165, 1.54) is 51.8 Å². The molecule has 0 fully saturated rings. The molecular weight excluding hydrogens is 419 g/mol. The Morgan fingerprint density at radius 3 is 1.76 bits per heavy atom. The molecule has 0 saturated carbocycles. The van der Waals surface area contributed by atoms with E-state index < -0.39 is 24.5 Å². The van der Waals surface area contributed by atoms with Crippen molar-refractivity contribution >= 4 is 24.3 Å². The first-order valence-electron chi connectivity index (χ1n) is 10.6. The fourth-order valence-corrected chi connectivity index (χ4v) is 20.8. The van der Waals surface area contributed by atoms with Gasteiger partial charge in [-0.15, -0.1) is 0 Å². The van der Waals surface area contributed by atoms with Crippen LogP contribution in [-0.2, 0) is 9.53 Å². The van der Waals surface area contributed by atoms with Gasteiger partial charge in [0.1, 0.15) is 0 Å². The number of carbonyl (C=O) groups is 1. The van der Waals surface area contributed by atoms with Crippen LogP contribution < -0.4 is 0 Å². The molecule has 3 nitrogen and oxygen atoms in total. The number of aliphatic hydroxyl groups is 1. The molecule has 148 valence electrons. The molecule has 0 aliphatic rings. The molecule has 0 spiro atoms. The van der Waals surface area contributed by atoms with Crippen LogP contribution in [0.2, 0.25) is 13.3 Å². The van der Waals surface area contributed by atoms with Crippen molar-refractivity contribution in [1.29, 1.82) is 0 Å². The van der Waals surface area contributed by atoms with Gasteiger partial charge in [-0.3, -0.25) is 0 Å². The molecule has 0 saturated heterocycles. The molecule has 1 unspecified atom stereocenters. The monoisotopic (exact) mass is 462 g/mol. The molecule has 0 aliphatic carbocycles. The number of aliphatic hydroxyl groups excluding tert-OH is 1. The van der Waals surface area contributed by atoms with Crippen LogP contribution in [0.4, 0.5) is 0 Å². The maximum atomic E-state index is 12.3. The van der Waals surface area contributed by atoms with Crippen LogP contribution in [0, 0.1) is 0 Å². The number of rotatable bonds is 15. The van der Waals surface area contributed by atoms with Crippen molar-refractivity contribution in [3.63, 3.8) is 0 Å². The number of hydrogen-bond acceptors (Lipinski definition) is 3. The molecule has 4 heteroatoms. The van der Waals surface area contributed by atoms with Gasteiger partial charge in [0.05, 0.1) is 0 Å². The summed E-state index contributed by atoms with van der Waals surface area (Å²) >= 11 is -2.79. The van der Waals surface area contributed by atoms with Crippen LogP contribution >= 0.6 is 0 Å². The molecule has 0 aromatic rings. The summed E-state index contributed by atoms with van der Waals surface area (Å²) in [5.41, 5.74) is 0. The van der Waals surface area contributed by atoms with E-state index in [0.29, 0.717) is 6.61 Å². The molecule has 25 heavy (non-hydrogen) atoms. The van der Waals surface area contributed by atoms with Gasteiger partial charge >= 0.3 is 161 Å². The van der Waals surface area contributed by atoms with E-state index in [0.717, 1.165) is 16.4 Å². The number of esters is 1. The van der Waals surface area contributed by atoms with E-state index in [4.69, 9.17) is 4.74 Å². The van der Waals surface area contributed by atoms with Gasteiger partial charge in [-0.25, -0.2) is 0 Å². The van der Waals surface area contributed by atoms with Crippen LogP contribution in [0.25, 0.3) is 0 Å². The summed E-state index contributed by atoms with van der Waals surface area (Å²) in [6.45, 7) is 11.1. The Kier molecular flexibility index (Phi) is 15.0. The molecule has 0 aromatic heterocycles. The van der Waals surface area contributed by atoms with E-state index >= 15 is 0 Å². The zero-order chi connectivity index (χ0) is 19.1. The standard InChI is InChI=1S/C9H15O3.3C4H9.Sn/c1-3-5-8(10)6-7-9(11)12-4-2;3*1-3-4-2;/h7-8,10H,3-5H2,1-2H3;3*1,3-4H2,2H3;. The Hall–Kier alpha value is -0.0313. The van der Waals surface area contributed by atoms with Crippen LogP contribution in [0.15, 0.2) is 9.67 Å². The van der Waals surface area contributed by atoms with E-state index in [1.54, 1.807) is 6.08 Å². The summed E-state index contributed by atoms with van der Waals surface area (Å²) in [5.74, 6) is -0.252. The van der Waals surface area contributed by atoms with Crippen molar-refractivity contribution in [2.75, 3.05) is 6.61 Å². The van der Waals surface area contributed by atoms with Crippen molar-refractivity contribution < 1.29 is 14.6 Å². The van der Waals surface area contributed by atoms with Gasteiger partial charge in [0.15, 0.2) is 0 Å². The Labute approximate surface area is 160 Å². The van der Waals surface area contributed by atoms with Crippen LogP contribution in [0.3, 0.4) is 0 Å². The van der Waals surface area contributed by atoms with Gasteiger partial charge in [0.2, 0.25) is 0 Å². The van der Waals surface area contributed by atoms with E-state index in [2.05, 4.69) is 27.7 Å². The molecule has 0 amide bonds. The van der Waals surface area contributed by atoms with Crippen LogP contribution in [0.5, 0.6) is 0 Å². The van der Waals surface area contributed by atoms with Gasteiger partial charge in [-0.1, -0.05) is 0 Å². The minimum atomic E-state index is -2.79. The molecule has 1 N–H and O–H groups in total. The minimum absolute atomic E-state index is 0.252. The summed E-state index contributed by atoms with van der Waals surface area (Å²) in [7, 11) is 0. The average molecular weight is 461 g/mol. The maximum absolute atomic E-state index is 12.3. The first-order valence-corrected chi connectivity index (χ1v) is 18.1. The molecule has 0 rings (SSSR count). The van der Waals surface area contributed by atoms with Crippen molar-refractivity contribution in [3.8, 4) is 0 Å². The van der Waals surface area contributed by atoms with Gasteiger partial charge in [0.25, 0.3) is 0 Å². The van der Waals surface area contributed by atoms with Gasteiger partial charge < -0.3 is 0 Å². The van der Waals surface area contributed by atoms with Crippen molar-refractivity contribution in [2.45, 2.75) is 105 Å². The third-order valence-electron chi connectivity index (χ3n) is 5.12. The summed E-state index contributed by atoms with van der Waals surface area (Å²) in [6, 6.07) is 0. The molecule has 0 heterocycles. The van der Waals surface area contributed by atoms with Crippen molar-refractivity contribution in [1.82, 2.24) is 0 Å². The van der Waals surface area contributed by atoms with Crippen LogP contribution in [0.1, 0.15) is 86.0 Å². The second-order valence-corrected chi connectivity index (χ2v) is 20.5. The number of hydrogen-bond donors (Lipinski definition) is 1. The van der Waals surface area contributed by atoms with Gasteiger partial charge in [0, 0.05) is 0 Å². The third-order valence-corrected chi connectivity index (χ3v) is 21.2. The summed E-state index contributed by atoms with van der Waals surface area (Å²) < 4.78 is 10.1. The van der Waals surface area contributed by atoms with E-state index in [-0.39, 0.29) is 5.97 Å². The number of unbranched alkanes of at least 4 members (excludes halogenated alkanes) is 3. The number of ether oxygens (including phenoxy) is 1. The molecule has 1 atom stereocenters. The number of carbonyl (C=O) groups excluding carboxylic acids is 1. The topological polar surface area (TPSA) is 46.5 Å². The SMILES string of the molecule is CCC[CH2][Sn]([CH2]CCC)([CH2]CCC)[C](=CC(=O)OCC)C(O)CCC. The van der Waals surface area contributed by atoms with E-state index in [1.807, 2.05) is 6.92 Å². The average Bonchev–Trinajstić information content (AvgIpc) is 2.60. The predicted octanol–water partition coefficient (Wildman–Crippen LogP) is 6.03. The first kappa shape index (κ1) is 25.0. The van der Waals surface area contributed by atoms with Crippen molar-refractivity contribution in [3.05, 3.63) is 9.67 Å². The molecular formula is C21H42O3Sn. The summed E-state index contributed by atoms with van der Waals surface area (Å²) in [6.07, 6.45) is 10.2. The Bertz CT molecular complexity index is 358. The Morgan fingerprint density at radius 1 is 0.920 bits per heavy atom. The predicted molar refractivity (Wildman–Crippen MR) is 111 cm³/mol. The fourth-order valence-electron chi connectivity index (χ4n) is 3.70. The van der Waals surface area contributed by atoms with Crippen LogP contribution in [-0.4, -0.2) is 42.2 Å². The zero-order valence-electron chi connectivity index (χ0n) is 17.4. The third kappa shape index (κ3) is 9.46. The quantitative estimate of drug-likeness (QED) is 0.184. The molecule has 0 aliphatic heterocycles. The normalized spacial score (nSPS) is 13.8. The molecule has 0 aromatic carbocycles. The van der Waals surface area contributed by atoms with Crippen molar-refractivity contribution in [2.24, 2.45) is 0 Å². The molecule has 0 radical (unpaired) electrons. The Morgan fingerprint density at radius 2 is 1.40 bits per heavy atom. The summed E-state index contributed by atoms with van der Waals surface area (Å²) in [4.78, 5) is 12.3. The first-order chi connectivity index (χ1) is 12.0. The molecule has 0 bridgehead atoms. The summed E-state index contributed by atoms with van der Waals surface area (Å²) in [5, 5.41) is 10.9. The zero-order valence-corrected chi connectivity index (χ0v) is 20.3. The second kappa shape index (κ2) is 15.1. The van der Waals surface area contributed by atoms with Gasteiger partial charge in [-0.2, -0.15) is 0 Å². The van der Waals surface area contributed by atoms with Gasteiger partial charge in [-0.05, 0) is 0 Å².